The van der Waals surface area contributed by atoms with Crippen molar-refractivity contribution in [1.29, 1.82) is 0 Å². The molecule has 0 aliphatic carbocycles. The van der Waals surface area contributed by atoms with Crippen molar-refractivity contribution in [3.05, 3.63) is 50.8 Å². The minimum absolute atomic E-state index is 0.00954. The molecule has 2 aromatic rings. The monoisotopic (exact) mass is 321 g/mol. The molecule has 102 valence electrons. The van der Waals surface area contributed by atoms with Gasteiger partial charge >= 0.3 is 0 Å². The van der Waals surface area contributed by atoms with Crippen LogP contribution >= 0.6 is 15.9 Å². The normalized spacial score (nSPS) is 12.7. The molecule has 4 heteroatoms. The molecule has 0 spiro atoms. The van der Waals surface area contributed by atoms with Crippen LogP contribution in [0.1, 0.15) is 34.1 Å². The molecule has 0 aliphatic rings. The second-order valence-electron chi connectivity index (χ2n) is 5.20. The number of nitrogens with zero attached hydrogens (tertiary/aromatic N) is 2. The summed E-state index contributed by atoms with van der Waals surface area (Å²) in [6.45, 7) is 6.20. The van der Waals surface area contributed by atoms with E-state index in [1.807, 2.05) is 18.7 Å². The topological polar surface area (TPSA) is 43.8 Å². The molecule has 0 bridgehead atoms. The predicted octanol–water partition coefficient (Wildman–Crippen LogP) is 3.35. The van der Waals surface area contributed by atoms with Crippen LogP contribution in [0.2, 0.25) is 0 Å². The molecule has 19 heavy (non-hydrogen) atoms. The molecule has 1 unspecified atom stereocenters. The minimum Gasteiger partial charge on any atom is -0.324 e. The number of halogens is 1. The SMILES string of the molecule is Cc1cc(C)cc(C(N)Cc2c(Br)c(C)nn2C)c1. The highest BCUT2D eigenvalue weighted by Gasteiger charge is 2.15. The van der Waals surface area contributed by atoms with Crippen LogP contribution < -0.4 is 5.73 Å². The zero-order valence-electron chi connectivity index (χ0n) is 11.9. The third-order valence-corrected chi connectivity index (χ3v) is 4.38. The zero-order valence-corrected chi connectivity index (χ0v) is 13.5. The standard InChI is InChI=1S/C15H20BrN3/c1-9-5-10(2)7-12(6-9)13(17)8-14-15(16)11(3)18-19(14)4/h5-7,13H,8,17H2,1-4H3. The lowest BCUT2D eigenvalue weighted by Gasteiger charge is -2.14. The smallest absolute Gasteiger partial charge is 0.0738 e. The maximum absolute atomic E-state index is 6.35. The van der Waals surface area contributed by atoms with Gasteiger partial charge in [0.2, 0.25) is 0 Å². The van der Waals surface area contributed by atoms with Crippen LogP contribution in [0.5, 0.6) is 0 Å². The van der Waals surface area contributed by atoms with Crippen molar-refractivity contribution in [1.82, 2.24) is 9.78 Å². The molecule has 1 atom stereocenters. The molecule has 2 N–H and O–H groups in total. The average Bonchev–Trinajstić information content (AvgIpc) is 2.54. The largest absolute Gasteiger partial charge is 0.324 e. The van der Waals surface area contributed by atoms with Crippen molar-refractivity contribution >= 4 is 15.9 Å². The van der Waals surface area contributed by atoms with Gasteiger partial charge in [-0.05, 0) is 42.3 Å². The summed E-state index contributed by atoms with van der Waals surface area (Å²) in [6.07, 6.45) is 0.779. The molecule has 0 saturated carbocycles. The Kier molecular flexibility index (Phi) is 4.11. The highest BCUT2D eigenvalue weighted by atomic mass is 79.9. The molecule has 0 radical (unpaired) electrons. The van der Waals surface area contributed by atoms with Crippen LogP contribution in [-0.2, 0) is 13.5 Å². The summed E-state index contributed by atoms with van der Waals surface area (Å²) in [7, 11) is 1.96. The molecule has 0 saturated heterocycles. The van der Waals surface area contributed by atoms with Crippen LogP contribution in [0.3, 0.4) is 0 Å². The number of benzene rings is 1. The van der Waals surface area contributed by atoms with E-state index in [0.29, 0.717) is 0 Å². The van der Waals surface area contributed by atoms with Crippen LogP contribution in [0, 0.1) is 20.8 Å². The maximum Gasteiger partial charge on any atom is 0.0738 e. The second-order valence-corrected chi connectivity index (χ2v) is 5.99. The van der Waals surface area contributed by atoms with Gasteiger partial charge in [-0.25, -0.2) is 0 Å². The van der Waals surface area contributed by atoms with Crippen LogP contribution in [0.4, 0.5) is 0 Å². The quantitative estimate of drug-likeness (QED) is 0.942. The lowest BCUT2D eigenvalue weighted by atomic mass is 9.98. The van der Waals surface area contributed by atoms with E-state index in [2.05, 4.69) is 53.1 Å². The van der Waals surface area contributed by atoms with Gasteiger partial charge in [0.1, 0.15) is 0 Å². The summed E-state index contributed by atoms with van der Waals surface area (Å²) in [4.78, 5) is 0. The van der Waals surface area contributed by atoms with Gasteiger partial charge in [0, 0.05) is 19.5 Å². The van der Waals surface area contributed by atoms with Crippen LogP contribution in [0.25, 0.3) is 0 Å². The van der Waals surface area contributed by atoms with Crippen LogP contribution in [0.15, 0.2) is 22.7 Å². The van der Waals surface area contributed by atoms with E-state index in [0.717, 1.165) is 22.3 Å². The molecule has 1 heterocycles. The van der Waals surface area contributed by atoms with Crippen molar-refractivity contribution in [3.63, 3.8) is 0 Å². The predicted molar refractivity (Wildman–Crippen MR) is 82.2 cm³/mol. The fourth-order valence-electron chi connectivity index (χ4n) is 2.45. The molecule has 2 rings (SSSR count). The van der Waals surface area contributed by atoms with Crippen molar-refractivity contribution in [2.24, 2.45) is 12.8 Å². The lowest BCUT2D eigenvalue weighted by Crippen LogP contribution is -2.16. The van der Waals surface area contributed by atoms with E-state index in [1.165, 1.54) is 16.7 Å². The Hall–Kier alpha value is -1.13. The summed E-state index contributed by atoms with van der Waals surface area (Å²) in [5.41, 5.74) is 12.2. The molecule has 0 aliphatic heterocycles. The van der Waals surface area contributed by atoms with Crippen LogP contribution in [-0.4, -0.2) is 9.78 Å². The Balaban J connectivity index is 2.27. The Morgan fingerprint density at radius 1 is 1.21 bits per heavy atom. The third-order valence-electron chi connectivity index (χ3n) is 3.35. The van der Waals surface area contributed by atoms with Gasteiger partial charge in [0.25, 0.3) is 0 Å². The minimum atomic E-state index is -0.00954. The first-order valence-electron chi connectivity index (χ1n) is 6.40. The Bertz CT molecular complexity index is 581. The van der Waals surface area contributed by atoms with Gasteiger partial charge in [0.15, 0.2) is 0 Å². The first-order chi connectivity index (χ1) is 8.88. The maximum atomic E-state index is 6.35. The summed E-state index contributed by atoms with van der Waals surface area (Å²) in [5.74, 6) is 0. The molecule has 3 nitrogen and oxygen atoms in total. The fraction of sp³-hybridized carbons (Fsp3) is 0.400. The van der Waals surface area contributed by atoms with E-state index in [-0.39, 0.29) is 6.04 Å². The van der Waals surface area contributed by atoms with Gasteiger partial charge in [-0.15, -0.1) is 0 Å². The lowest BCUT2D eigenvalue weighted by molar-refractivity contribution is 0.638. The van der Waals surface area contributed by atoms with E-state index >= 15 is 0 Å². The van der Waals surface area contributed by atoms with E-state index in [4.69, 9.17) is 5.73 Å². The number of rotatable bonds is 3. The Morgan fingerprint density at radius 2 is 1.79 bits per heavy atom. The molecule has 0 amide bonds. The molecule has 0 fully saturated rings. The second kappa shape index (κ2) is 5.47. The van der Waals surface area contributed by atoms with E-state index < -0.39 is 0 Å². The highest BCUT2D eigenvalue weighted by Crippen LogP contribution is 2.25. The van der Waals surface area contributed by atoms with Crippen molar-refractivity contribution < 1.29 is 0 Å². The highest BCUT2D eigenvalue weighted by molar-refractivity contribution is 9.10. The summed E-state index contributed by atoms with van der Waals surface area (Å²) in [6, 6.07) is 6.48. The summed E-state index contributed by atoms with van der Waals surface area (Å²) >= 11 is 3.59. The fourth-order valence-corrected chi connectivity index (χ4v) is 2.95. The van der Waals surface area contributed by atoms with Gasteiger partial charge in [0.05, 0.1) is 15.9 Å². The van der Waals surface area contributed by atoms with E-state index in [9.17, 15) is 0 Å². The first kappa shape index (κ1) is 14.3. The van der Waals surface area contributed by atoms with Gasteiger partial charge in [-0.2, -0.15) is 5.10 Å². The number of aryl methyl sites for hydroxylation is 4. The van der Waals surface area contributed by atoms with Gasteiger partial charge in [-0.3, -0.25) is 4.68 Å². The molecule has 1 aromatic heterocycles. The third kappa shape index (κ3) is 3.07. The number of aromatic nitrogens is 2. The Labute approximate surface area is 122 Å². The Morgan fingerprint density at radius 3 is 2.26 bits per heavy atom. The first-order valence-corrected chi connectivity index (χ1v) is 7.19. The molecular weight excluding hydrogens is 302 g/mol. The number of nitrogens with two attached hydrogens (primary N) is 1. The van der Waals surface area contributed by atoms with Crippen molar-refractivity contribution in [2.45, 2.75) is 33.2 Å². The molecule has 1 aromatic carbocycles. The summed E-state index contributed by atoms with van der Waals surface area (Å²) < 4.78 is 2.97. The van der Waals surface area contributed by atoms with Gasteiger partial charge < -0.3 is 5.73 Å². The van der Waals surface area contributed by atoms with Crippen molar-refractivity contribution in [3.8, 4) is 0 Å². The average molecular weight is 322 g/mol. The zero-order chi connectivity index (χ0) is 14.2. The van der Waals surface area contributed by atoms with E-state index in [1.54, 1.807) is 0 Å². The van der Waals surface area contributed by atoms with Gasteiger partial charge in [-0.1, -0.05) is 29.3 Å². The van der Waals surface area contributed by atoms with Crippen molar-refractivity contribution in [2.75, 3.05) is 0 Å². The summed E-state index contributed by atoms with van der Waals surface area (Å²) in [5, 5.41) is 4.41. The number of hydrogen-bond acceptors (Lipinski definition) is 2. The number of hydrogen-bond donors (Lipinski definition) is 1. The molecular formula is C15H20BrN3.